The molecule has 2 aromatic rings. The van der Waals surface area contributed by atoms with Gasteiger partial charge in [-0.1, -0.05) is 34.1 Å². The molecular weight excluding hydrogens is 384 g/mol. The van der Waals surface area contributed by atoms with Crippen LogP contribution in [-0.4, -0.2) is 12.0 Å². The molecule has 25 heavy (non-hydrogen) atoms. The van der Waals surface area contributed by atoms with E-state index in [1.165, 1.54) is 12.7 Å². The third-order valence-electron chi connectivity index (χ3n) is 5.08. The van der Waals surface area contributed by atoms with E-state index in [9.17, 15) is 10.1 Å². The summed E-state index contributed by atoms with van der Waals surface area (Å²) >= 11 is 3.55. The standard InChI is InChI=1S/C19H17BrN2O3/c1-25-18-8-5-11(9-17(18)22(23)24)19-14-4-2-3-13(14)15-10-12(20)6-7-16(15)21-19/h2-3,5-10,13-14,19,21H,4H2,1H3/t13-,14+,19+/m0/s1. The van der Waals surface area contributed by atoms with E-state index >= 15 is 0 Å². The van der Waals surface area contributed by atoms with Gasteiger partial charge in [0.25, 0.3) is 0 Å². The van der Waals surface area contributed by atoms with Gasteiger partial charge in [0.05, 0.1) is 18.1 Å². The number of fused-ring (bicyclic) bond motifs is 3. The van der Waals surface area contributed by atoms with Crippen LogP contribution in [-0.2, 0) is 0 Å². The van der Waals surface area contributed by atoms with Crippen molar-refractivity contribution in [3.05, 3.63) is 74.3 Å². The second kappa shape index (κ2) is 6.19. The maximum absolute atomic E-state index is 11.4. The van der Waals surface area contributed by atoms with Crippen molar-refractivity contribution in [2.45, 2.75) is 18.4 Å². The number of halogens is 1. The average Bonchev–Trinajstić information content (AvgIpc) is 3.10. The lowest BCUT2D eigenvalue weighted by Crippen LogP contribution is -2.29. The molecule has 1 aliphatic heterocycles. The van der Waals surface area contributed by atoms with Crippen LogP contribution >= 0.6 is 15.9 Å². The van der Waals surface area contributed by atoms with E-state index < -0.39 is 0 Å². The van der Waals surface area contributed by atoms with Crippen molar-refractivity contribution in [3.63, 3.8) is 0 Å². The van der Waals surface area contributed by atoms with Crippen LogP contribution in [0.5, 0.6) is 5.75 Å². The highest BCUT2D eigenvalue weighted by Crippen LogP contribution is 2.50. The Morgan fingerprint density at radius 2 is 2.12 bits per heavy atom. The summed E-state index contributed by atoms with van der Waals surface area (Å²) < 4.78 is 6.19. The van der Waals surface area contributed by atoms with Gasteiger partial charge in [0.1, 0.15) is 0 Å². The fourth-order valence-corrected chi connectivity index (χ4v) is 4.32. The van der Waals surface area contributed by atoms with Crippen molar-refractivity contribution in [2.75, 3.05) is 12.4 Å². The van der Waals surface area contributed by atoms with Gasteiger partial charge in [-0.15, -0.1) is 0 Å². The summed E-state index contributed by atoms with van der Waals surface area (Å²) in [5.41, 5.74) is 3.28. The van der Waals surface area contributed by atoms with Gasteiger partial charge >= 0.3 is 5.69 Å². The van der Waals surface area contributed by atoms with Crippen LogP contribution in [0.4, 0.5) is 11.4 Å². The summed E-state index contributed by atoms with van der Waals surface area (Å²) in [7, 11) is 1.45. The quantitative estimate of drug-likeness (QED) is 0.437. The Hall–Kier alpha value is -2.34. The molecule has 0 spiro atoms. The number of nitrogens with one attached hydrogen (secondary N) is 1. The summed E-state index contributed by atoms with van der Waals surface area (Å²) in [4.78, 5) is 11.0. The summed E-state index contributed by atoms with van der Waals surface area (Å²) in [6.07, 6.45) is 5.41. The van der Waals surface area contributed by atoms with Gasteiger partial charge in [-0.25, -0.2) is 0 Å². The zero-order valence-corrected chi connectivity index (χ0v) is 15.2. The number of rotatable bonds is 3. The van der Waals surface area contributed by atoms with Gasteiger partial charge in [0.2, 0.25) is 0 Å². The van der Waals surface area contributed by atoms with E-state index in [0.29, 0.717) is 11.8 Å². The number of hydrogen-bond acceptors (Lipinski definition) is 4. The number of hydrogen-bond donors (Lipinski definition) is 1. The van der Waals surface area contributed by atoms with Gasteiger partial charge in [0, 0.05) is 22.1 Å². The first-order valence-corrected chi connectivity index (χ1v) is 8.93. The molecule has 128 valence electrons. The molecule has 2 aliphatic rings. The fourth-order valence-electron chi connectivity index (χ4n) is 3.94. The van der Waals surface area contributed by atoms with Crippen molar-refractivity contribution in [3.8, 4) is 5.75 Å². The molecule has 1 heterocycles. The Balaban J connectivity index is 1.78. The summed E-state index contributed by atoms with van der Waals surface area (Å²) in [6, 6.07) is 11.5. The number of nitro benzene ring substituents is 1. The van der Waals surface area contributed by atoms with Crippen LogP contribution in [0, 0.1) is 16.0 Å². The summed E-state index contributed by atoms with van der Waals surface area (Å²) in [5.74, 6) is 0.949. The molecule has 5 nitrogen and oxygen atoms in total. The monoisotopic (exact) mass is 400 g/mol. The van der Waals surface area contributed by atoms with Crippen molar-refractivity contribution in [2.24, 2.45) is 5.92 Å². The molecule has 0 saturated carbocycles. The highest BCUT2D eigenvalue weighted by Gasteiger charge is 2.38. The van der Waals surface area contributed by atoms with Crippen LogP contribution in [0.2, 0.25) is 0 Å². The normalized spacial score (nSPS) is 23.5. The molecule has 4 rings (SSSR count). The molecule has 1 aliphatic carbocycles. The van der Waals surface area contributed by atoms with E-state index in [2.05, 4.69) is 45.5 Å². The third-order valence-corrected chi connectivity index (χ3v) is 5.58. The van der Waals surface area contributed by atoms with Crippen molar-refractivity contribution < 1.29 is 9.66 Å². The zero-order chi connectivity index (χ0) is 17.6. The second-order valence-corrected chi connectivity index (χ2v) is 7.31. The number of allylic oxidation sites excluding steroid dienone is 2. The second-order valence-electron chi connectivity index (χ2n) is 6.40. The van der Waals surface area contributed by atoms with E-state index in [1.807, 2.05) is 12.1 Å². The van der Waals surface area contributed by atoms with Gasteiger partial charge in [-0.3, -0.25) is 10.1 Å². The van der Waals surface area contributed by atoms with Crippen molar-refractivity contribution in [1.82, 2.24) is 0 Å². The van der Waals surface area contributed by atoms with Crippen LogP contribution in [0.1, 0.15) is 29.5 Å². The predicted octanol–water partition coefficient (Wildman–Crippen LogP) is 5.19. The lowest BCUT2D eigenvalue weighted by molar-refractivity contribution is -0.385. The van der Waals surface area contributed by atoms with Crippen LogP contribution in [0.15, 0.2) is 53.0 Å². The molecule has 0 aromatic heterocycles. The van der Waals surface area contributed by atoms with Gasteiger partial charge < -0.3 is 10.1 Å². The van der Waals surface area contributed by atoms with Crippen LogP contribution in [0.3, 0.4) is 0 Å². The molecule has 0 unspecified atom stereocenters. The van der Waals surface area contributed by atoms with Gasteiger partial charge in [0.15, 0.2) is 5.75 Å². The summed E-state index contributed by atoms with van der Waals surface area (Å²) in [5, 5.41) is 15.0. The SMILES string of the molecule is COc1ccc([C@H]2Nc3ccc(Br)cc3[C@H]3C=CC[C@H]32)cc1[N+](=O)[O-]. The number of benzene rings is 2. The van der Waals surface area contributed by atoms with Crippen LogP contribution in [0.25, 0.3) is 0 Å². The number of anilines is 1. The van der Waals surface area contributed by atoms with E-state index in [4.69, 9.17) is 4.74 Å². The number of methoxy groups -OCH3 is 1. The van der Waals surface area contributed by atoms with Gasteiger partial charge in [-0.05, 0) is 47.7 Å². The lowest BCUT2D eigenvalue weighted by atomic mass is 9.77. The average molecular weight is 401 g/mol. The lowest BCUT2D eigenvalue weighted by Gasteiger charge is -2.37. The fraction of sp³-hybridized carbons (Fsp3) is 0.263. The molecule has 0 bridgehead atoms. The molecule has 0 fully saturated rings. The Morgan fingerprint density at radius 3 is 2.88 bits per heavy atom. The number of ether oxygens (including phenoxy) is 1. The molecular formula is C19H17BrN2O3. The Labute approximate surface area is 154 Å². The third kappa shape index (κ3) is 2.70. The minimum atomic E-state index is -0.388. The first-order chi connectivity index (χ1) is 12.1. The smallest absolute Gasteiger partial charge is 0.311 e. The van der Waals surface area contributed by atoms with E-state index in [-0.39, 0.29) is 22.4 Å². The zero-order valence-electron chi connectivity index (χ0n) is 13.6. The van der Waals surface area contributed by atoms with Crippen LogP contribution < -0.4 is 10.1 Å². The molecule has 6 heteroatoms. The maximum Gasteiger partial charge on any atom is 0.311 e. The molecule has 0 radical (unpaired) electrons. The highest BCUT2D eigenvalue weighted by molar-refractivity contribution is 9.10. The summed E-state index contributed by atoms with van der Waals surface area (Å²) in [6.45, 7) is 0. The molecule has 0 saturated heterocycles. The molecule has 3 atom stereocenters. The minimum Gasteiger partial charge on any atom is -0.490 e. The molecule has 2 aromatic carbocycles. The first kappa shape index (κ1) is 16.1. The largest absolute Gasteiger partial charge is 0.490 e. The Morgan fingerprint density at radius 1 is 1.28 bits per heavy atom. The topological polar surface area (TPSA) is 64.4 Å². The maximum atomic E-state index is 11.4. The Bertz CT molecular complexity index is 881. The Kier molecular flexibility index (Phi) is 4.00. The predicted molar refractivity (Wildman–Crippen MR) is 100 cm³/mol. The van der Waals surface area contributed by atoms with E-state index in [1.54, 1.807) is 12.1 Å². The minimum absolute atomic E-state index is 0.00547. The van der Waals surface area contributed by atoms with Gasteiger partial charge in [-0.2, -0.15) is 0 Å². The molecule has 0 amide bonds. The number of nitrogens with zero attached hydrogens (tertiary/aromatic N) is 1. The van der Waals surface area contributed by atoms with Crippen molar-refractivity contribution in [1.29, 1.82) is 0 Å². The van der Waals surface area contributed by atoms with E-state index in [0.717, 1.165) is 22.1 Å². The first-order valence-electron chi connectivity index (χ1n) is 8.13. The number of nitro groups is 1. The van der Waals surface area contributed by atoms with Crippen molar-refractivity contribution >= 4 is 27.3 Å². The highest BCUT2D eigenvalue weighted by atomic mass is 79.9. The molecule has 1 N–H and O–H groups in total.